The van der Waals surface area contributed by atoms with Gasteiger partial charge in [0.15, 0.2) is 6.61 Å². The van der Waals surface area contributed by atoms with Gasteiger partial charge in [-0.2, -0.15) is 0 Å². The molecule has 0 N–H and O–H groups in total. The quantitative estimate of drug-likeness (QED) is 0.797. The van der Waals surface area contributed by atoms with Gasteiger partial charge < -0.3 is 9.57 Å². The Morgan fingerprint density at radius 3 is 2.29 bits per heavy atom. The summed E-state index contributed by atoms with van der Waals surface area (Å²) in [5.41, 5.74) is 1.19. The number of ether oxygens (including phenoxy) is 1. The van der Waals surface area contributed by atoms with Gasteiger partial charge in [0.05, 0.1) is 11.1 Å². The van der Waals surface area contributed by atoms with E-state index in [1.807, 2.05) is 0 Å². The molecule has 6 nitrogen and oxygen atoms in total. The van der Waals surface area contributed by atoms with Gasteiger partial charge in [-0.1, -0.05) is 28.8 Å². The summed E-state index contributed by atoms with van der Waals surface area (Å²) in [7, 11) is 0. The van der Waals surface area contributed by atoms with Crippen molar-refractivity contribution < 1.29 is 24.0 Å². The third-order valence-corrected chi connectivity index (χ3v) is 3.86. The van der Waals surface area contributed by atoms with Crippen molar-refractivity contribution in [3.05, 3.63) is 64.2 Å². The van der Waals surface area contributed by atoms with Gasteiger partial charge in [0, 0.05) is 5.02 Å². The van der Waals surface area contributed by atoms with Crippen LogP contribution in [0.3, 0.4) is 0 Å². The largest absolute Gasteiger partial charge is 0.482 e. The van der Waals surface area contributed by atoms with Crippen molar-refractivity contribution in [1.82, 2.24) is 5.06 Å². The number of rotatable bonds is 4. The van der Waals surface area contributed by atoms with Crippen molar-refractivity contribution in [1.29, 1.82) is 0 Å². The summed E-state index contributed by atoms with van der Waals surface area (Å²) in [4.78, 5) is 40.8. The fourth-order valence-corrected chi connectivity index (χ4v) is 2.34. The molecule has 2 aromatic rings. The van der Waals surface area contributed by atoms with Gasteiger partial charge in [-0.05, 0) is 42.8 Å². The number of imide groups is 1. The highest BCUT2D eigenvalue weighted by molar-refractivity contribution is 6.31. The van der Waals surface area contributed by atoms with Crippen LogP contribution in [0.4, 0.5) is 0 Å². The lowest BCUT2D eigenvalue weighted by molar-refractivity contribution is -0.170. The number of fused-ring (bicyclic) bond motifs is 1. The average Bonchev–Trinajstić information content (AvgIpc) is 2.81. The monoisotopic (exact) mass is 345 g/mol. The number of aryl methyl sites for hydroxylation is 1. The maximum absolute atomic E-state index is 12.1. The second kappa shape index (κ2) is 6.33. The van der Waals surface area contributed by atoms with Crippen molar-refractivity contribution in [2.75, 3.05) is 6.61 Å². The van der Waals surface area contributed by atoms with E-state index in [1.54, 1.807) is 37.3 Å². The summed E-state index contributed by atoms with van der Waals surface area (Å²) in [5.74, 6) is -1.79. The van der Waals surface area contributed by atoms with E-state index in [1.165, 1.54) is 12.1 Å². The highest BCUT2D eigenvalue weighted by Gasteiger charge is 2.38. The van der Waals surface area contributed by atoms with Crippen LogP contribution in [-0.4, -0.2) is 29.5 Å². The number of nitrogens with zero attached hydrogens (tertiary/aromatic N) is 1. The molecule has 0 bridgehead atoms. The lowest BCUT2D eigenvalue weighted by Crippen LogP contribution is -2.34. The lowest BCUT2D eigenvalue weighted by atomic mass is 10.1. The van der Waals surface area contributed by atoms with Gasteiger partial charge in [-0.15, -0.1) is 0 Å². The molecule has 0 aliphatic carbocycles. The SMILES string of the molecule is Cc1cc(OCC(=O)ON2C(=O)c3ccccc3C2=O)ccc1Cl. The maximum Gasteiger partial charge on any atom is 0.370 e. The maximum atomic E-state index is 12.1. The van der Waals surface area contributed by atoms with E-state index < -0.39 is 24.4 Å². The number of carbonyl (C=O) groups excluding carboxylic acids is 3. The number of halogens is 1. The predicted molar refractivity (Wildman–Crippen MR) is 84.7 cm³/mol. The fourth-order valence-electron chi connectivity index (χ4n) is 2.23. The van der Waals surface area contributed by atoms with Crippen LogP contribution in [0.15, 0.2) is 42.5 Å². The van der Waals surface area contributed by atoms with E-state index in [4.69, 9.17) is 21.2 Å². The first-order valence-corrected chi connectivity index (χ1v) is 7.42. The topological polar surface area (TPSA) is 72.9 Å². The van der Waals surface area contributed by atoms with E-state index in [0.29, 0.717) is 15.8 Å². The first-order chi connectivity index (χ1) is 11.5. The Kier molecular flexibility index (Phi) is 4.22. The molecule has 0 unspecified atom stereocenters. The van der Waals surface area contributed by atoms with E-state index in [-0.39, 0.29) is 11.1 Å². The molecule has 2 aromatic carbocycles. The first kappa shape index (κ1) is 16.0. The summed E-state index contributed by atoms with van der Waals surface area (Å²) in [6, 6.07) is 11.2. The molecule has 1 aliphatic heterocycles. The van der Waals surface area contributed by atoms with Gasteiger partial charge in [-0.3, -0.25) is 9.59 Å². The van der Waals surface area contributed by atoms with Crippen LogP contribution in [0, 0.1) is 6.92 Å². The van der Waals surface area contributed by atoms with Crippen LogP contribution in [0.25, 0.3) is 0 Å². The van der Waals surface area contributed by atoms with Gasteiger partial charge in [-0.25, -0.2) is 4.79 Å². The van der Waals surface area contributed by atoms with Gasteiger partial charge in [0.25, 0.3) is 11.8 Å². The zero-order valence-electron chi connectivity index (χ0n) is 12.6. The van der Waals surface area contributed by atoms with Crippen LogP contribution in [0.5, 0.6) is 5.75 Å². The Balaban J connectivity index is 1.63. The van der Waals surface area contributed by atoms with E-state index >= 15 is 0 Å². The molecule has 0 aromatic heterocycles. The molecule has 1 heterocycles. The molecular weight excluding hydrogens is 334 g/mol. The molecule has 0 spiro atoms. The van der Waals surface area contributed by atoms with Crippen LogP contribution < -0.4 is 4.74 Å². The summed E-state index contributed by atoms with van der Waals surface area (Å²) < 4.78 is 5.28. The smallest absolute Gasteiger partial charge is 0.370 e. The van der Waals surface area contributed by atoms with E-state index in [9.17, 15) is 14.4 Å². The third-order valence-electron chi connectivity index (χ3n) is 3.44. The van der Waals surface area contributed by atoms with Crippen molar-refractivity contribution in [3.63, 3.8) is 0 Å². The van der Waals surface area contributed by atoms with Crippen molar-refractivity contribution in [3.8, 4) is 5.75 Å². The zero-order chi connectivity index (χ0) is 17.3. The van der Waals surface area contributed by atoms with Gasteiger partial charge >= 0.3 is 5.97 Å². The Labute approximate surface area is 142 Å². The molecule has 0 saturated heterocycles. The van der Waals surface area contributed by atoms with Gasteiger partial charge in [0.2, 0.25) is 0 Å². The average molecular weight is 346 g/mol. The van der Waals surface area contributed by atoms with Crippen LogP contribution in [-0.2, 0) is 9.63 Å². The molecule has 0 radical (unpaired) electrons. The summed E-state index contributed by atoms with van der Waals surface area (Å²) >= 11 is 5.90. The van der Waals surface area contributed by atoms with Crippen molar-refractivity contribution in [2.24, 2.45) is 0 Å². The minimum absolute atomic E-state index is 0.199. The summed E-state index contributed by atoms with van der Waals surface area (Å²) in [6.07, 6.45) is 0. The van der Waals surface area contributed by atoms with E-state index in [2.05, 4.69) is 0 Å². The molecule has 1 aliphatic rings. The lowest BCUT2D eigenvalue weighted by Gasteiger charge is -2.13. The first-order valence-electron chi connectivity index (χ1n) is 7.05. The number of hydrogen-bond acceptors (Lipinski definition) is 5. The molecule has 0 atom stereocenters. The molecule has 7 heteroatoms. The Morgan fingerprint density at radius 2 is 1.71 bits per heavy atom. The van der Waals surface area contributed by atoms with Crippen LogP contribution in [0.1, 0.15) is 26.3 Å². The molecule has 122 valence electrons. The minimum Gasteiger partial charge on any atom is -0.482 e. The standard InChI is InChI=1S/C17H12ClNO5/c1-10-8-11(6-7-14(10)18)23-9-15(20)24-19-16(21)12-4-2-3-5-13(12)17(19)22/h2-8H,9H2,1H3. The fraction of sp³-hybridized carbons (Fsp3) is 0.118. The highest BCUT2D eigenvalue weighted by Crippen LogP contribution is 2.23. The second-order valence-electron chi connectivity index (χ2n) is 5.11. The Bertz CT molecular complexity index is 814. The zero-order valence-corrected chi connectivity index (χ0v) is 13.4. The van der Waals surface area contributed by atoms with Crippen LogP contribution >= 0.6 is 11.6 Å². The second-order valence-corrected chi connectivity index (χ2v) is 5.52. The third kappa shape index (κ3) is 2.96. The number of hydroxylamine groups is 2. The number of hydrogen-bond donors (Lipinski definition) is 0. The number of carbonyl (C=O) groups is 3. The summed E-state index contributed by atoms with van der Waals surface area (Å²) in [5, 5.41) is 1.03. The molecule has 3 rings (SSSR count). The molecular formula is C17H12ClNO5. The van der Waals surface area contributed by atoms with Crippen molar-refractivity contribution in [2.45, 2.75) is 6.92 Å². The normalized spacial score (nSPS) is 13.0. The predicted octanol–water partition coefficient (Wildman–Crippen LogP) is 2.78. The molecule has 2 amide bonds. The minimum atomic E-state index is -0.864. The van der Waals surface area contributed by atoms with E-state index in [0.717, 1.165) is 5.56 Å². The molecule has 0 fully saturated rings. The molecule has 24 heavy (non-hydrogen) atoms. The summed E-state index contributed by atoms with van der Waals surface area (Å²) in [6.45, 7) is 1.35. The number of benzene rings is 2. The number of amides is 2. The molecule has 0 saturated carbocycles. The Hall–Kier alpha value is -2.86. The Morgan fingerprint density at radius 1 is 1.08 bits per heavy atom. The van der Waals surface area contributed by atoms with Crippen LogP contribution in [0.2, 0.25) is 5.02 Å². The van der Waals surface area contributed by atoms with Crippen molar-refractivity contribution >= 4 is 29.4 Å². The van der Waals surface area contributed by atoms with Gasteiger partial charge in [0.1, 0.15) is 5.75 Å². The highest BCUT2D eigenvalue weighted by atomic mass is 35.5.